The number of hydrogen-bond donors (Lipinski definition) is 2. The van der Waals surface area contributed by atoms with Crippen LogP contribution in [0.3, 0.4) is 0 Å². The van der Waals surface area contributed by atoms with Crippen molar-refractivity contribution in [1.82, 2.24) is 10.3 Å². The summed E-state index contributed by atoms with van der Waals surface area (Å²) < 4.78 is 0.965. The maximum absolute atomic E-state index is 11.1. The Morgan fingerprint density at radius 1 is 1.73 bits per heavy atom. The van der Waals surface area contributed by atoms with E-state index in [4.69, 9.17) is 5.73 Å². The van der Waals surface area contributed by atoms with Gasteiger partial charge < -0.3 is 11.1 Å². The molecule has 0 radical (unpaired) electrons. The molecule has 0 spiro atoms. The number of nitrogens with one attached hydrogen (secondary N) is 1. The van der Waals surface area contributed by atoms with Crippen molar-refractivity contribution in [2.45, 2.75) is 30.3 Å². The van der Waals surface area contributed by atoms with Crippen LogP contribution in [-0.4, -0.2) is 28.7 Å². The molecule has 1 aromatic heterocycles. The van der Waals surface area contributed by atoms with Crippen molar-refractivity contribution in [1.29, 1.82) is 0 Å². The number of thiazole rings is 1. The van der Waals surface area contributed by atoms with Gasteiger partial charge in [0, 0.05) is 23.4 Å². The number of carbonyl (C=O) groups excluding carboxylic acids is 1. The molecule has 1 unspecified atom stereocenters. The van der Waals surface area contributed by atoms with Crippen LogP contribution in [0.4, 0.5) is 0 Å². The summed E-state index contributed by atoms with van der Waals surface area (Å²) in [5.41, 5.74) is 5.29. The van der Waals surface area contributed by atoms with Crippen molar-refractivity contribution in [3.8, 4) is 0 Å². The Morgan fingerprint density at radius 2 is 2.47 bits per heavy atom. The van der Waals surface area contributed by atoms with Crippen LogP contribution in [0.25, 0.3) is 0 Å². The van der Waals surface area contributed by atoms with Crippen LogP contribution in [0.2, 0.25) is 0 Å². The summed E-state index contributed by atoms with van der Waals surface area (Å²) in [4.78, 5) is 15.3. The molecule has 1 aromatic rings. The van der Waals surface area contributed by atoms with E-state index in [0.29, 0.717) is 5.75 Å². The zero-order valence-corrected chi connectivity index (χ0v) is 10.4. The molecule has 0 saturated heterocycles. The topological polar surface area (TPSA) is 68.0 Å². The highest BCUT2D eigenvalue weighted by Crippen LogP contribution is 2.20. The van der Waals surface area contributed by atoms with Crippen LogP contribution < -0.4 is 11.1 Å². The van der Waals surface area contributed by atoms with Gasteiger partial charge in [-0.25, -0.2) is 4.98 Å². The van der Waals surface area contributed by atoms with Crippen molar-refractivity contribution in [3.05, 3.63) is 11.6 Å². The fourth-order valence-corrected chi connectivity index (χ4v) is 2.76. The lowest BCUT2D eigenvalue weighted by molar-refractivity contribution is -0.119. The number of thioether (sulfide) groups is 1. The van der Waals surface area contributed by atoms with E-state index in [1.54, 1.807) is 29.3 Å². The van der Waals surface area contributed by atoms with E-state index >= 15 is 0 Å². The highest BCUT2D eigenvalue weighted by molar-refractivity contribution is 8.01. The van der Waals surface area contributed by atoms with E-state index in [9.17, 15) is 4.79 Å². The first-order valence-electron chi connectivity index (χ1n) is 4.67. The molecule has 1 amide bonds. The van der Waals surface area contributed by atoms with Gasteiger partial charge in [0.25, 0.3) is 0 Å². The molecule has 15 heavy (non-hydrogen) atoms. The van der Waals surface area contributed by atoms with Crippen molar-refractivity contribution >= 4 is 29.0 Å². The minimum Gasteiger partial charge on any atom is -0.368 e. The van der Waals surface area contributed by atoms with E-state index < -0.39 is 0 Å². The SMILES string of the molecule is CC(C)NC(CSc1nccs1)C(N)=O. The summed E-state index contributed by atoms with van der Waals surface area (Å²) in [5, 5.41) is 5.04. The number of nitrogens with two attached hydrogens (primary N) is 1. The second-order valence-corrected chi connectivity index (χ2v) is 5.55. The Hall–Kier alpha value is -0.590. The second-order valence-electron chi connectivity index (χ2n) is 3.39. The molecule has 0 fully saturated rings. The predicted molar refractivity (Wildman–Crippen MR) is 64.1 cm³/mol. The predicted octanol–water partition coefficient (Wildman–Crippen LogP) is 1.09. The van der Waals surface area contributed by atoms with Crippen molar-refractivity contribution in [3.63, 3.8) is 0 Å². The Balaban J connectivity index is 2.41. The van der Waals surface area contributed by atoms with Gasteiger partial charge in [-0.2, -0.15) is 0 Å². The molecule has 3 N–H and O–H groups in total. The van der Waals surface area contributed by atoms with E-state index in [0.717, 1.165) is 4.34 Å². The quantitative estimate of drug-likeness (QED) is 0.736. The lowest BCUT2D eigenvalue weighted by Crippen LogP contribution is -2.46. The van der Waals surface area contributed by atoms with Gasteiger partial charge in [0.15, 0.2) is 0 Å². The average Bonchev–Trinajstić information content (AvgIpc) is 2.63. The van der Waals surface area contributed by atoms with E-state index in [1.165, 1.54) is 0 Å². The largest absolute Gasteiger partial charge is 0.368 e. The molecular formula is C9H15N3OS2. The molecule has 84 valence electrons. The van der Waals surface area contributed by atoms with Crippen LogP contribution in [-0.2, 0) is 4.79 Å². The van der Waals surface area contributed by atoms with Crippen molar-refractivity contribution in [2.24, 2.45) is 5.73 Å². The Kier molecular flexibility index (Phi) is 5.07. The standard InChI is InChI=1S/C9H15N3OS2/c1-6(2)12-7(8(10)13)5-15-9-11-3-4-14-9/h3-4,6-7,12H,5H2,1-2H3,(H2,10,13). The zero-order valence-electron chi connectivity index (χ0n) is 8.77. The van der Waals surface area contributed by atoms with Crippen LogP contribution in [0.5, 0.6) is 0 Å². The van der Waals surface area contributed by atoms with Gasteiger partial charge in [-0.15, -0.1) is 11.3 Å². The first kappa shape index (κ1) is 12.5. The van der Waals surface area contributed by atoms with Gasteiger partial charge in [0.05, 0.1) is 6.04 Å². The number of carbonyl (C=O) groups is 1. The molecule has 1 rings (SSSR count). The summed E-state index contributed by atoms with van der Waals surface area (Å²) in [6, 6.07) is -0.0432. The molecule has 1 atom stereocenters. The number of amides is 1. The van der Waals surface area contributed by atoms with E-state index in [1.807, 2.05) is 19.2 Å². The second kappa shape index (κ2) is 6.09. The van der Waals surface area contributed by atoms with Crippen molar-refractivity contribution < 1.29 is 4.79 Å². The average molecular weight is 245 g/mol. The number of nitrogens with zero attached hydrogens (tertiary/aromatic N) is 1. The minimum atomic E-state index is -0.312. The maximum Gasteiger partial charge on any atom is 0.235 e. The van der Waals surface area contributed by atoms with Gasteiger partial charge >= 0.3 is 0 Å². The molecular weight excluding hydrogens is 230 g/mol. The molecule has 6 heteroatoms. The molecule has 0 bridgehead atoms. The number of aromatic nitrogens is 1. The van der Waals surface area contributed by atoms with Crippen molar-refractivity contribution in [2.75, 3.05) is 5.75 Å². The normalized spacial score (nSPS) is 13.0. The van der Waals surface area contributed by atoms with Crippen LogP contribution in [0.15, 0.2) is 15.9 Å². The highest BCUT2D eigenvalue weighted by atomic mass is 32.2. The lowest BCUT2D eigenvalue weighted by Gasteiger charge is -2.16. The summed E-state index contributed by atoms with van der Waals surface area (Å²) in [7, 11) is 0. The Morgan fingerprint density at radius 3 is 2.93 bits per heavy atom. The summed E-state index contributed by atoms with van der Waals surface area (Å²) in [6.45, 7) is 3.98. The molecule has 4 nitrogen and oxygen atoms in total. The fraction of sp³-hybridized carbons (Fsp3) is 0.556. The third-order valence-electron chi connectivity index (χ3n) is 1.66. The number of rotatable bonds is 6. The molecule has 0 aliphatic carbocycles. The molecule has 0 aromatic carbocycles. The van der Waals surface area contributed by atoms with Gasteiger partial charge in [0.2, 0.25) is 5.91 Å². The zero-order chi connectivity index (χ0) is 11.3. The van der Waals surface area contributed by atoms with Crippen LogP contribution in [0, 0.1) is 0 Å². The van der Waals surface area contributed by atoms with Gasteiger partial charge in [-0.1, -0.05) is 25.6 Å². The van der Waals surface area contributed by atoms with Gasteiger partial charge in [-0.3, -0.25) is 4.79 Å². The lowest BCUT2D eigenvalue weighted by atomic mass is 10.3. The molecule has 0 aliphatic heterocycles. The van der Waals surface area contributed by atoms with E-state index in [2.05, 4.69) is 10.3 Å². The third kappa shape index (κ3) is 4.63. The smallest absolute Gasteiger partial charge is 0.235 e. The monoisotopic (exact) mass is 245 g/mol. The minimum absolute atomic E-state index is 0.249. The van der Waals surface area contributed by atoms with Gasteiger partial charge in [0.1, 0.15) is 4.34 Å². The molecule has 1 heterocycles. The first-order chi connectivity index (χ1) is 7.09. The Bertz CT molecular complexity index is 300. The van der Waals surface area contributed by atoms with Crippen LogP contribution in [0.1, 0.15) is 13.8 Å². The summed E-state index contributed by atoms with van der Waals surface area (Å²) >= 11 is 3.12. The fourth-order valence-electron chi connectivity index (χ4n) is 1.05. The first-order valence-corrected chi connectivity index (χ1v) is 6.53. The maximum atomic E-state index is 11.1. The Labute approximate surface area is 97.7 Å². The third-order valence-corrected chi connectivity index (χ3v) is 3.72. The highest BCUT2D eigenvalue weighted by Gasteiger charge is 2.16. The summed E-state index contributed by atoms with van der Waals surface area (Å²) in [6.07, 6.45) is 1.75. The number of hydrogen-bond acceptors (Lipinski definition) is 5. The summed E-state index contributed by atoms with van der Waals surface area (Å²) in [5.74, 6) is 0.314. The van der Waals surface area contributed by atoms with Crippen LogP contribution >= 0.6 is 23.1 Å². The van der Waals surface area contributed by atoms with Gasteiger partial charge in [-0.05, 0) is 0 Å². The molecule has 0 aliphatic rings. The molecule has 0 saturated carbocycles. The number of primary amides is 1. The van der Waals surface area contributed by atoms with E-state index in [-0.39, 0.29) is 18.0 Å².